The summed E-state index contributed by atoms with van der Waals surface area (Å²) in [5.41, 5.74) is 0.658. The van der Waals surface area contributed by atoms with Gasteiger partial charge in [-0.2, -0.15) is 0 Å². The molecule has 0 bridgehead atoms. The van der Waals surface area contributed by atoms with E-state index in [4.69, 9.17) is 23.2 Å². The zero-order valence-electron chi connectivity index (χ0n) is 13.9. The number of halogens is 2. The maximum absolute atomic E-state index is 12.3. The largest absolute Gasteiger partial charge is 0.354 e. The molecule has 0 spiro atoms. The Kier molecular flexibility index (Phi) is 8.42. The molecule has 4 nitrogen and oxygen atoms in total. The maximum atomic E-state index is 12.3. The molecule has 0 fully saturated rings. The number of hydrogen-bond acceptors (Lipinski definition) is 2. The third kappa shape index (κ3) is 5.70. The zero-order chi connectivity index (χ0) is 17.4. The van der Waals surface area contributed by atoms with Crippen LogP contribution in [0, 0.1) is 0 Å². The van der Waals surface area contributed by atoms with E-state index in [9.17, 15) is 9.59 Å². The number of carbonyl (C=O) groups excluding carboxylic acids is 2. The lowest BCUT2D eigenvalue weighted by Gasteiger charge is -2.29. The molecule has 0 saturated heterocycles. The highest BCUT2D eigenvalue weighted by atomic mass is 35.5. The van der Waals surface area contributed by atoms with Gasteiger partial charge in [-0.05, 0) is 25.5 Å². The smallest absolute Gasteiger partial charge is 0.242 e. The summed E-state index contributed by atoms with van der Waals surface area (Å²) < 4.78 is 0. The van der Waals surface area contributed by atoms with Gasteiger partial charge in [-0.1, -0.05) is 49.5 Å². The Bertz CT molecular complexity index is 529. The van der Waals surface area contributed by atoms with Gasteiger partial charge < -0.3 is 10.2 Å². The minimum absolute atomic E-state index is 0.112. The molecule has 0 aliphatic heterocycles. The lowest BCUT2D eigenvalue weighted by molar-refractivity contribution is -0.140. The standard InChI is InChI=1S/C17H24Cl2N2O2/c1-4-6-10-20-17(23)12(3)21(16(22)5-2)11-13-14(18)8-7-9-15(13)19/h7-9,12H,4-6,10-11H2,1-3H3,(H,20,23). The van der Waals surface area contributed by atoms with Crippen molar-refractivity contribution < 1.29 is 9.59 Å². The normalized spacial score (nSPS) is 11.9. The molecule has 0 aromatic heterocycles. The van der Waals surface area contributed by atoms with Crippen molar-refractivity contribution in [1.82, 2.24) is 10.2 Å². The monoisotopic (exact) mass is 358 g/mol. The number of amides is 2. The van der Waals surface area contributed by atoms with Crippen LogP contribution in [-0.2, 0) is 16.1 Å². The SMILES string of the molecule is CCCCNC(=O)C(C)N(Cc1c(Cl)cccc1Cl)C(=O)CC. The molecular formula is C17H24Cl2N2O2. The van der Waals surface area contributed by atoms with Gasteiger partial charge in [0.05, 0.1) is 0 Å². The molecule has 0 aliphatic rings. The van der Waals surface area contributed by atoms with Gasteiger partial charge >= 0.3 is 0 Å². The van der Waals surface area contributed by atoms with E-state index in [2.05, 4.69) is 12.2 Å². The van der Waals surface area contributed by atoms with Crippen molar-refractivity contribution in [1.29, 1.82) is 0 Å². The molecular weight excluding hydrogens is 335 g/mol. The van der Waals surface area contributed by atoms with Gasteiger partial charge in [0.25, 0.3) is 0 Å². The molecule has 1 aromatic rings. The van der Waals surface area contributed by atoms with E-state index in [-0.39, 0.29) is 18.4 Å². The van der Waals surface area contributed by atoms with Crippen molar-refractivity contribution in [3.05, 3.63) is 33.8 Å². The summed E-state index contributed by atoms with van der Waals surface area (Å²) in [6.07, 6.45) is 2.23. The first-order chi connectivity index (χ1) is 10.9. The molecule has 1 N–H and O–H groups in total. The van der Waals surface area contributed by atoms with E-state index >= 15 is 0 Å². The van der Waals surface area contributed by atoms with Crippen LogP contribution < -0.4 is 5.32 Å². The fraction of sp³-hybridized carbons (Fsp3) is 0.529. The van der Waals surface area contributed by atoms with Crippen LogP contribution in [0.4, 0.5) is 0 Å². The van der Waals surface area contributed by atoms with Gasteiger partial charge in [0, 0.05) is 35.1 Å². The topological polar surface area (TPSA) is 49.4 Å². The molecule has 6 heteroatoms. The quantitative estimate of drug-likeness (QED) is 0.713. The van der Waals surface area contributed by atoms with E-state index in [0.29, 0.717) is 28.6 Å². The number of benzene rings is 1. The molecule has 0 aliphatic carbocycles. The van der Waals surface area contributed by atoms with Crippen LogP contribution in [0.3, 0.4) is 0 Å². The van der Waals surface area contributed by atoms with E-state index < -0.39 is 6.04 Å². The molecule has 0 heterocycles. The number of unbranched alkanes of at least 4 members (excludes halogenated alkanes) is 1. The summed E-state index contributed by atoms with van der Waals surface area (Å²) in [7, 11) is 0. The molecule has 23 heavy (non-hydrogen) atoms. The van der Waals surface area contributed by atoms with Crippen molar-refractivity contribution in [3.63, 3.8) is 0 Å². The molecule has 1 rings (SSSR count). The summed E-state index contributed by atoms with van der Waals surface area (Å²) in [6, 6.07) is 4.62. The van der Waals surface area contributed by atoms with Crippen molar-refractivity contribution >= 4 is 35.0 Å². The predicted octanol–water partition coefficient (Wildman–Crippen LogP) is 4.04. The minimum Gasteiger partial charge on any atom is -0.354 e. The second-order valence-electron chi connectivity index (χ2n) is 5.40. The van der Waals surface area contributed by atoms with Crippen LogP contribution in [0.1, 0.15) is 45.6 Å². The average molecular weight is 359 g/mol. The van der Waals surface area contributed by atoms with Crippen molar-refractivity contribution in [2.75, 3.05) is 6.54 Å². The minimum atomic E-state index is -0.577. The Hall–Kier alpha value is -1.26. The van der Waals surface area contributed by atoms with Crippen molar-refractivity contribution in [2.45, 2.75) is 52.6 Å². The number of nitrogens with one attached hydrogen (secondary N) is 1. The van der Waals surface area contributed by atoms with Crippen LogP contribution >= 0.6 is 23.2 Å². The third-order valence-electron chi connectivity index (χ3n) is 3.69. The molecule has 2 amide bonds. The number of carbonyl (C=O) groups is 2. The fourth-order valence-electron chi connectivity index (χ4n) is 2.18. The molecule has 0 radical (unpaired) electrons. The summed E-state index contributed by atoms with van der Waals surface area (Å²) in [6.45, 7) is 6.38. The first kappa shape index (κ1) is 19.8. The summed E-state index contributed by atoms with van der Waals surface area (Å²) in [4.78, 5) is 26.1. The van der Waals surface area contributed by atoms with Crippen LogP contribution in [0.15, 0.2) is 18.2 Å². The summed E-state index contributed by atoms with van der Waals surface area (Å²) in [5, 5.41) is 3.84. The Morgan fingerprint density at radius 3 is 2.35 bits per heavy atom. The Balaban J connectivity index is 2.92. The third-order valence-corrected chi connectivity index (χ3v) is 4.40. The molecule has 0 saturated carbocycles. The maximum Gasteiger partial charge on any atom is 0.242 e. The number of rotatable bonds is 8. The highest BCUT2D eigenvalue weighted by molar-refractivity contribution is 6.36. The summed E-state index contributed by atoms with van der Waals surface area (Å²) >= 11 is 12.4. The lowest BCUT2D eigenvalue weighted by atomic mass is 10.1. The van der Waals surface area contributed by atoms with Crippen LogP contribution in [-0.4, -0.2) is 29.3 Å². The first-order valence-electron chi connectivity index (χ1n) is 7.92. The Morgan fingerprint density at radius 2 is 1.83 bits per heavy atom. The zero-order valence-corrected chi connectivity index (χ0v) is 15.4. The number of nitrogens with zero attached hydrogens (tertiary/aromatic N) is 1. The van der Waals surface area contributed by atoms with Crippen molar-refractivity contribution in [2.24, 2.45) is 0 Å². The summed E-state index contributed by atoms with van der Waals surface area (Å²) in [5.74, 6) is -0.275. The van der Waals surface area contributed by atoms with E-state index in [0.717, 1.165) is 12.8 Å². The second kappa shape index (κ2) is 9.78. The Labute approximate surface area is 148 Å². The van der Waals surface area contributed by atoms with Crippen LogP contribution in [0.5, 0.6) is 0 Å². The number of hydrogen-bond donors (Lipinski definition) is 1. The van der Waals surface area contributed by atoms with Gasteiger partial charge in [-0.3, -0.25) is 9.59 Å². The predicted molar refractivity (Wildman–Crippen MR) is 94.7 cm³/mol. The fourth-order valence-corrected chi connectivity index (χ4v) is 2.69. The lowest BCUT2D eigenvalue weighted by Crippen LogP contribution is -2.47. The molecule has 1 unspecified atom stereocenters. The van der Waals surface area contributed by atoms with Gasteiger partial charge in [0.1, 0.15) is 6.04 Å². The van der Waals surface area contributed by atoms with Gasteiger partial charge in [0.2, 0.25) is 11.8 Å². The van der Waals surface area contributed by atoms with Gasteiger partial charge in [-0.25, -0.2) is 0 Å². The van der Waals surface area contributed by atoms with Crippen molar-refractivity contribution in [3.8, 4) is 0 Å². The van der Waals surface area contributed by atoms with E-state index in [1.165, 1.54) is 4.90 Å². The molecule has 128 valence electrons. The first-order valence-corrected chi connectivity index (χ1v) is 8.68. The van der Waals surface area contributed by atoms with Crippen LogP contribution in [0.2, 0.25) is 10.0 Å². The average Bonchev–Trinajstić information content (AvgIpc) is 2.53. The van der Waals surface area contributed by atoms with Gasteiger partial charge in [-0.15, -0.1) is 0 Å². The molecule has 1 atom stereocenters. The highest BCUT2D eigenvalue weighted by Crippen LogP contribution is 2.26. The van der Waals surface area contributed by atoms with E-state index in [1.54, 1.807) is 32.0 Å². The van der Waals surface area contributed by atoms with E-state index in [1.807, 2.05) is 0 Å². The van der Waals surface area contributed by atoms with Crippen LogP contribution in [0.25, 0.3) is 0 Å². The molecule has 1 aromatic carbocycles. The Morgan fingerprint density at radius 1 is 1.22 bits per heavy atom. The highest BCUT2D eigenvalue weighted by Gasteiger charge is 2.26. The van der Waals surface area contributed by atoms with Gasteiger partial charge in [0.15, 0.2) is 0 Å². The second-order valence-corrected chi connectivity index (χ2v) is 6.21.